The number of hydrogen-bond donors (Lipinski definition) is 2. The van der Waals surface area contributed by atoms with Crippen molar-refractivity contribution in [2.75, 3.05) is 7.11 Å². The molecule has 1 aliphatic carbocycles. The predicted octanol–water partition coefficient (Wildman–Crippen LogP) is 1.76. The van der Waals surface area contributed by atoms with E-state index in [1.165, 1.54) is 6.42 Å². The zero-order valence-corrected chi connectivity index (χ0v) is 12.0. The smallest absolute Gasteiger partial charge is 0.222 e. The molecule has 1 aromatic rings. The molecule has 0 radical (unpaired) electrons. The monoisotopic (exact) mass is 277 g/mol. The fourth-order valence-electron chi connectivity index (χ4n) is 2.75. The highest BCUT2D eigenvalue weighted by Gasteiger charge is 2.29. The lowest BCUT2D eigenvalue weighted by molar-refractivity contribution is -0.122. The number of amides is 1. The molecule has 1 fully saturated rings. The summed E-state index contributed by atoms with van der Waals surface area (Å²) in [5, 5.41) is 2.91. The van der Waals surface area contributed by atoms with E-state index in [9.17, 15) is 4.79 Å². The molecule has 0 aromatic carbocycles. The SMILES string of the molecule is COc1ncccc1CNC(=O)CC1(N)CCCCC1. The molecular weight excluding hydrogens is 254 g/mol. The van der Waals surface area contributed by atoms with Gasteiger partial charge < -0.3 is 15.8 Å². The Kier molecular flexibility index (Phi) is 4.95. The third-order valence-electron chi connectivity index (χ3n) is 3.88. The second-order valence-electron chi connectivity index (χ2n) is 5.55. The summed E-state index contributed by atoms with van der Waals surface area (Å²) in [5.41, 5.74) is 6.84. The largest absolute Gasteiger partial charge is 0.481 e. The van der Waals surface area contributed by atoms with Gasteiger partial charge in [-0.25, -0.2) is 4.98 Å². The van der Waals surface area contributed by atoms with Gasteiger partial charge in [0, 0.05) is 30.3 Å². The third kappa shape index (κ3) is 3.93. The van der Waals surface area contributed by atoms with E-state index in [4.69, 9.17) is 10.5 Å². The van der Waals surface area contributed by atoms with Crippen molar-refractivity contribution in [1.82, 2.24) is 10.3 Å². The highest BCUT2D eigenvalue weighted by atomic mass is 16.5. The molecule has 1 aliphatic rings. The van der Waals surface area contributed by atoms with Gasteiger partial charge in [0.2, 0.25) is 11.8 Å². The first kappa shape index (κ1) is 14.8. The van der Waals surface area contributed by atoms with Gasteiger partial charge in [0.05, 0.1) is 7.11 Å². The number of carbonyl (C=O) groups excluding carboxylic acids is 1. The Hall–Kier alpha value is -1.62. The van der Waals surface area contributed by atoms with E-state index in [0.29, 0.717) is 18.8 Å². The van der Waals surface area contributed by atoms with E-state index in [-0.39, 0.29) is 11.4 Å². The van der Waals surface area contributed by atoms with E-state index in [1.807, 2.05) is 12.1 Å². The summed E-state index contributed by atoms with van der Waals surface area (Å²) in [6, 6.07) is 3.72. The number of carbonyl (C=O) groups is 1. The highest BCUT2D eigenvalue weighted by molar-refractivity contribution is 5.77. The van der Waals surface area contributed by atoms with E-state index < -0.39 is 0 Å². The number of methoxy groups -OCH3 is 1. The van der Waals surface area contributed by atoms with Crippen LogP contribution in [-0.4, -0.2) is 23.5 Å². The van der Waals surface area contributed by atoms with Crippen molar-refractivity contribution in [2.45, 2.75) is 50.6 Å². The van der Waals surface area contributed by atoms with Gasteiger partial charge in [0.1, 0.15) is 0 Å². The van der Waals surface area contributed by atoms with Crippen LogP contribution in [-0.2, 0) is 11.3 Å². The number of ether oxygens (including phenoxy) is 1. The molecule has 1 aromatic heterocycles. The zero-order valence-electron chi connectivity index (χ0n) is 12.0. The molecule has 0 atom stereocenters. The van der Waals surface area contributed by atoms with E-state index in [2.05, 4.69) is 10.3 Å². The van der Waals surface area contributed by atoms with Gasteiger partial charge in [-0.3, -0.25) is 4.79 Å². The first-order chi connectivity index (χ1) is 9.63. The van der Waals surface area contributed by atoms with Crippen molar-refractivity contribution in [3.63, 3.8) is 0 Å². The number of pyridine rings is 1. The topological polar surface area (TPSA) is 77.2 Å². The van der Waals surface area contributed by atoms with Crippen molar-refractivity contribution >= 4 is 5.91 Å². The Morgan fingerprint density at radius 2 is 2.20 bits per heavy atom. The summed E-state index contributed by atoms with van der Waals surface area (Å²) >= 11 is 0. The fraction of sp³-hybridized carbons (Fsp3) is 0.600. The molecule has 0 aliphatic heterocycles. The first-order valence-electron chi connectivity index (χ1n) is 7.16. The molecular formula is C15H23N3O2. The van der Waals surface area contributed by atoms with Gasteiger partial charge in [0.25, 0.3) is 0 Å². The summed E-state index contributed by atoms with van der Waals surface area (Å²) in [7, 11) is 1.57. The summed E-state index contributed by atoms with van der Waals surface area (Å²) in [6.07, 6.45) is 7.43. The Morgan fingerprint density at radius 3 is 2.90 bits per heavy atom. The number of nitrogens with one attached hydrogen (secondary N) is 1. The molecule has 1 heterocycles. The lowest BCUT2D eigenvalue weighted by atomic mass is 9.80. The van der Waals surface area contributed by atoms with Crippen LogP contribution in [0.25, 0.3) is 0 Å². The van der Waals surface area contributed by atoms with Gasteiger partial charge in [-0.1, -0.05) is 25.3 Å². The van der Waals surface area contributed by atoms with Crippen LogP contribution in [0.1, 0.15) is 44.1 Å². The quantitative estimate of drug-likeness (QED) is 0.859. The molecule has 1 saturated carbocycles. The second-order valence-corrected chi connectivity index (χ2v) is 5.55. The molecule has 110 valence electrons. The number of aromatic nitrogens is 1. The molecule has 5 nitrogen and oxygen atoms in total. The Bertz CT molecular complexity index is 456. The molecule has 1 amide bonds. The maximum atomic E-state index is 12.0. The Labute approximate surface area is 119 Å². The summed E-state index contributed by atoms with van der Waals surface area (Å²) in [4.78, 5) is 16.1. The van der Waals surface area contributed by atoms with Crippen LogP contribution in [0.4, 0.5) is 0 Å². The molecule has 3 N–H and O–H groups in total. The Balaban J connectivity index is 1.85. The van der Waals surface area contributed by atoms with Crippen molar-refractivity contribution in [3.05, 3.63) is 23.9 Å². The summed E-state index contributed by atoms with van der Waals surface area (Å²) < 4.78 is 5.16. The molecule has 0 bridgehead atoms. The maximum absolute atomic E-state index is 12.0. The highest BCUT2D eigenvalue weighted by Crippen LogP contribution is 2.28. The average molecular weight is 277 g/mol. The van der Waals surface area contributed by atoms with Crippen LogP contribution in [0.15, 0.2) is 18.3 Å². The molecule has 5 heteroatoms. The number of hydrogen-bond acceptors (Lipinski definition) is 4. The Morgan fingerprint density at radius 1 is 1.45 bits per heavy atom. The van der Waals surface area contributed by atoms with Crippen molar-refractivity contribution in [1.29, 1.82) is 0 Å². The normalized spacial score (nSPS) is 17.5. The zero-order chi connectivity index (χ0) is 14.4. The maximum Gasteiger partial charge on any atom is 0.222 e. The van der Waals surface area contributed by atoms with Crippen molar-refractivity contribution in [2.24, 2.45) is 5.73 Å². The third-order valence-corrected chi connectivity index (χ3v) is 3.88. The average Bonchev–Trinajstić information content (AvgIpc) is 2.45. The molecule has 0 spiro atoms. The molecule has 2 rings (SSSR count). The van der Waals surface area contributed by atoms with Crippen molar-refractivity contribution in [3.8, 4) is 5.88 Å². The predicted molar refractivity (Wildman–Crippen MR) is 77.3 cm³/mol. The fourth-order valence-corrected chi connectivity index (χ4v) is 2.75. The lowest BCUT2D eigenvalue weighted by Crippen LogP contribution is -2.45. The minimum atomic E-state index is -0.318. The van der Waals surface area contributed by atoms with Gasteiger partial charge in [-0.2, -0.15) is 0 Å². The molecule has 0 unspecified atom stereocenters. The number of nitrogens with zero attached hydrogens (tertiary/aromatic N) is 1. The summed E-state index contributed by atoms with van der Waals surface area (Å²) in [6.45, 7) is 0.423. The lowest BCUT2D eigenvalue weighted by Gasteiger charge is -2.32. The van der Waals surface area contributed by atoms with Gasteiger partial charge in [-0.15, -0.1) is 0 Å². The van der Waals surface area contributed by atoms with Gasteiger partial charge >= 0.3 is 0 Å². The van der Waals surface area contributed by atoms with Crippen LogP contribution in [0, 0.1) is 0 Å². The van der Waals surface area contributed by atoms with Crippen LogP contribution in [0.5, 0.6) is 5.88 Å². The van der Waals surface area contributed by atoms with E-state index in [0.717, 1.165) is 31.2 Å². The summed E-state index contributed by atoms with van der Waals surface area (Å²) in [5.74, 6) is 0.549. The van der Waals surface area contributed by atoms with Gasteiger partial charge in [-0.05, 0) is 18.9 Å². The van der Waals surface area contributed by atoms with E-state index >= 15 is 0 Å². The standard InChI is InChI=1S/C15H23N3O2/c1-20-14-12(6-5-9-17-14)11-18-13(19)10-15(16)7-3-2-4-8-15/h5-6,9H,2-4,7-8,10-11,16H2,1H3,(H,18,19). The van der Waals surface area contributed by atoms with Crippen LogP contribution in [0.2, 0.25) is 0 Å². The number of nitrogens with two attached hydrogens (primary N) is 1. The first-order valence-corrected chi connectivity index (χ1v) is 7.16. The second kappa shape index (κ2) is 6.70. The van der Waals surface area contributed by atoms with Crippen LogP contribution in [0.3, 0.4) is 0 Å². The van der Waals surface area contributed by atoms with Crippen molar-refractivity contribution < 1.29 is 9.53 Å². The minimum Gasteiger partial charge on any atom is -0.481 e. The molecule has 20 heavy (non-hydrogen) atoms. The van der Waals surface area contributed by atoms with Crippen LogP contribution < -0.4 is 15.8 Å². The van der Waals surface area contributed by atoms with Gasteiger partial charge in [0.15, 0.2) is 0 Å². The minimum absolute atomic E-state index is 0.000283. The van der Waals surface area contributed by atoms with Crippen LogP contribution >= 0.6 is 0 Å². The number of rotatable bonds is 5. The molecule has 0 saturated heterocycles. The van der Waals surface area contributed by atoms with E-state index in [1.54, 1.807) is 13.3 Å².